The molecule has 15 heavy (non-hydrogen) atoms. The highest BCUT2D eigenvalue weighted by atomic mass is 16.5. The minimum absolute atomic E-state index is 0.242. The van der Waals surface area contributed by atoms with Crippen molar-refractivity contribution in [1.29, 1.82) is 0 Å². The standard InChI is InChI=1S/C11H11NO3/c1-3-14-11(13)10-8-5-4-7(2)6-9(8)15-12-10/h4-6H,3H2,1-2H3. The Hall–Kier alpha value is -1.84. The van der Waals surface area contributed by atoms with Crippen LogP contribution >= 0.6 is 0 Å². The summed E-state index contributed by atoms with van der Waals surface area (Å²) in [6.45, 7) is 4.04. The fourth-order valence-corrected chi connectivity index (χ4v) is 1.39. The normalized spacial score (nSPS) is 10.5. The van der Waals surface area contributed by atoms with Crippen LogP contribution in [-0.2, 0) is 4.74 Å². The van der Waals surface area contributed by atoms with Gasteiger partial charge in [0, 0.05) is 0 Å². The first-order chi connectivity index (χ1) is 7.22. The molecule has 0 N–H and O–H groups in total. The van der Waals surface area contributed by atoms with Crippen molar-refractivity contribution in [3.05, 3.63) is 29.5 Å². The molecule has 0 saturated heterocycles. The van der Waals surface area contributed by atoms with E-state index in [2.05, 4.69) is 5.16 Å². The number of hydrogen-bond donors (Lipinski definition) is 0. The molecule has 2 rings (SSSR count). The third-order valence-corrected chi connectivity index (χ3v) is 2.10. The Bertz CT molecular complexity index is 502. The molecule has 0 spiro atoms. The van der Waals surface area contributed by atoms with Crippen molar-refractivity contribution in [3.8, 4) is 0 Å². The maximum Gasteiger partial charge on any atom is 0.361 e. The number of ether oxygens (including phenoxy) is 1. The average Bonchev–Trinajstić information content (AvgIpc) is 2.60. The van der Waals surface area contributed by atoms with Crippen molar-refractivity contribution >= 4 is 16.9 Å². The van der Waals surface area contributed by atoms with Crippen molar-refractivity contribution in [2.75, 3.05) is 6.61 Å². The molecule has 0 atom stereocenters. The maximum absolute atomic E-state index is 11.5. The number of aryl methyl sites for hydroxylation is 1. The summed E-state index contributed by atoms with van der Waals surface area (Å²) in [4.78, 5) is 11.5. The van der Waals surface area contributed by atoms with Crippen LogP contribution in [0.1, 0.15) is 23.0 Å². The highest BCUT2D eigenvalue weighted by molar-refractivity contribution is 6.01. The molecule has 1 aromatic carbocycles. The van der Waals surface area contributed by atoms with Crippen LogP contribution in [-0.4, -0.2) is 17.7 Å². The minimum atomic E-state index is -0.444. The van der Waals surface area contributed by atoms with Gasteiger partial charge in [-0.2, -0.15) is 0 Å². The van der Waals surface area contributed by atoms with E-state index in [0.717, 1.165) is 5.56 Å². The molecule has 0 unspecified atom stereocenters. The first kappa shape index (κ1) is 9.71. The average molecular weight is 205 g/mol. The van der Waals surface area contributed by atoms with Gasteiger partial charge in [-0.15, -0.1) is 0 Å². The van der Waals surface area contributed by atoms with Gasteiger partial charge < -0.3 is 9.26 Å². The molecule has 0 aliphatic carbocycles. The van der Waals surface area contributed by atoms with E-state index in [1.165, 1.54) is 0 Å². The monoisotopic (exact) mass is 205 g/mol. The largest absolute Gasteiger partial charge is 0.461 e. The Morgan fingerprint density at radius 2 is 2.33 bits per heavy atom. The zero-order valence-electron chi connectivity index (χ0n) is 8.61. The van der Waals surface area contributed by atoms with Crippen molar-refractivity contribution < 1.29 is 14.1 Å². The number of fused-ring (bicyclic) bond motifs is 1. The van der Waals surface area contributed by atoms with Gasteiger partial charge in [0.05, 0.1) is 12.0 Å². The molecule has 1 heterocycles. The fraction of sp³-hybridized carbons (Fsp3) is 0.273. The predicted molar refractivity (Wildman–Crippen MR) is 54.7 cm³/mol. The molecule has 0 amide bonds. The summed E-state index contributed by atoms with van der Waals surface area (Å²) in [6, 6.07) is 5.56. The van der Waals surface area contributed by atoms with E-state index in [1.54, 1.807) is 6.92 Å². The summed E-state index contributed by atoms with van der Waals surface area (Å²) in [5, 5.41) is 4.40. The van der Waals surface area contributed by atoms with Gasteiger partial charge in [0.25, 0.3) is 0 Å². The van der Waals surface area contributed by atoms with Crippen molar-refractivity contribution in [3.63, 3.8) is 0 Å². The van der Waals surface area contributed by atoms with Crippen LogP contribution in [0.3, 0.4) is 0 Å². The molecule has 78 valence electrons. The highest BCUT2D eigenvalue weighted by Gasteiger charge is 2.16. The summed E-state index contributed by atoms with van der Waals surface area (Å²) in [6.07, 6.45) is 0. The fourth-order valence-electron chi connectivity index (χ4n) is 1.39. The number of rotatable bonds is 2. The lowest BCUT2D eigenvalue weighted by Gasteiger charge is -1.96. The number of carbonyl (C=O) groups is 1. The van der Waals surface area contributed by atoms with Crippen molar-refractivity contribution in [2.45, 2.75) is 13.8 Å². The zero-order chi connectivity index (χ0) is 10.8. The summed E-state index contributed by atoms with van der Waals surface area (Å²) < 4.78 is 9.91. The molecule has 0 saturated carbocycles. The predicted octanol–water partition coefficient (Wildman–Crippen LogP) is 2.31. The van der Waals surface area contributed by atoms with E-state index in [0.29, 0.717) is 17.6 Å². The lowest BCUT2D eigenvalue weighted by molar-refractivity contribution is 0.0517. The Morgan fingerprint density at radius 3 is 3.07 bits per heavy atom. The number of nitrogens with zero attached hydrogens (tertiary/aromatic N) is 1. The number of carbonyl (C=O) groups excluding carboxylic acids is 1. The SMILES string of the molecule is CCOC(=O)c1noc2cc(C)ccc12. The quantitative estimate of drug-likeness (QED) is 0.706. The van der Waals surface area contributed by atoms with E-state index in [-0.39, 0.29) is 5.69 Å². The molecule has 2 aromatic rings. The molecular formula is C11H11NO3. The number of hydrogen-bond acceptors (Lipinski definition) is 4. The summed E-state index contributed by atoms with van der Waals surface area (Å²) in [5.41, 5.74) is 1.92. The third kappa shape index (κ3) is 1.70. The van der Waals surface area contributed by atoms with Gasteiger partial charge in [-0.25, -0.2) is 4.79 Å². The van der Waals surface area contributed by atoms with Gasteiger partial charge in [-0.3, -0.25) is 0 Å². The summed E-state index contributed by atoms with van der Waals surface area (Å²) in [7, 11) is 0. The smallest absolute Gasteiger partial charge is 0.361 e. The van der Waals surface area contributed by atoms with Crippen molar-refractivity contribution in [1.82, 2.24) is 5.16 Å². The van der Waals surface area contributed by atoms with Crippen molar-refractivity contribution in [2.24, 2.45) is 0 Å². The molecule has 1 aromatic heterocycles. The molecule has 0 bridgehead atoms. The second kappa shape index (κ2) is 3.73. The minimum Gasteiger partial charge on any atom is -0.461 e. The lowest BCUT2D eigenvalue weighted by atomic mass is 10.1. The van der Waals surface area contributed by atoms with Crippen LogP contribution in [0.2, 0.25) is 0 Å². The Labute approximate surface area is 86.8 Å². The molecule has 4 nitrogen and oxygen atoms in total. The van der Waals surface area contributed by atoms with Gasteiger partial charge in [0.15, 0.2) is 11.3 Å². The van der Waals surface area contributed by atoms with Gasteiger partial charge in [-0.1, -0.05) is 11.2 Å². The number of benzene rings is 1. The second-order valence-electron chi connectivity index (χ2n) is 3.25. The van der Waals surface area contributed by atoms with Crippen LogP contribution in [0.25, 0.3) is 11.0 Å². The first-order valence-corrected chi connectivity index (χ1v) is 4.75. The number of aromatic nitrogens is 1. The van der Waals surface area contributed by atoms with Gasteiger partial charge in [0.2, 0.25) is 0 Å². The third-order valence-electron chi connectivity index (χ3n) is 2.10. The van der Waals surface area contributed by atoms with E-state index < -0.39 is 5.97 Å². The molecular weight excluding hydrogens is 194 g/mol. The molecule has 0 aliphatic heterocycles. The first-order valence-electron chi connectivity index (χ1n) is 4.75. The Morgan fingerprint density at radius 1 is 1.53 bits per heavy atom. The van der Waals surface area contributed by atoms with Crippen LogP contribution in [0.5, 0.6) is 0 Å². The van der Waals surface area contributed by atoms with E-state index in [9.17, 15) is 4.79 Å². The second-order valence-corrected chi connectivity index (χ2v) is 3.25. The summed E-state index contributed by atoms with van der Waals surface area (Å²) >= 11 is 0. The zero-order valence-corrected chi connectivity index (χ0v) is 8.61. The van der Waals surface area contributed by atoms with E-state index in [1.807, 2.05) is 25.1 Å². The summed E-state index contributed by atoms with van der Waals surface area (Å²) in [5.74, 6) is -0.444. The van der Waals surface area contributed by atoms with Crippen LogP contribution in [0.15, 0.2) is 22.7 Å². The van der Waals surface area contributed by atoms with Crippen LogP contribution in [0, 0.1) is 6.92 Å². The topological polar surface area (TPSA) is 52.3 Å². The Kier molecular flexibility index (Phi) is 2.41. The van der Waals surface area contributed by atoms with Gasteiger partial charge in [0.1, 0.15) is 0 Å². The Balaban J connectivity index is 2.49. The molecule has 0 aliphatic rings. The highest BCUT2D eigenvalue weighted by Crippen LogP contribution is 2.20. The number of esters is 1. The lowest BCUT2D eigenvalue weighted by Crippen LogP contribution is -2.05. The molecule has 4 heteroatoms. The van der Waals surface area contributed by atoms with Gasteiger partial charge >= 0.3 is 5.97 Å². The van der Waals surface area contributed by atoms with E-state index >= 15 is 0 Å². The van der Waals surface area contributed by atoms with E-state index in [4.69, 9.17) is 9.26 Å². The molecule has 0 radical (unpaired) electrons. The van der Waals surface area contributed by atoms with Gasteiger partial charge in [-0.05, 0) is 31.5 Å². The molecule has 0 fully saturated rings. The van der Waals surface area contributed by atoms with Crippen LogP contribution < -0.4 is 0 Å². The van der Waals surface area contributed by atoms with Crippen LogP contribution in [0.4, 0.5) is 0 Å². The maximum atomic E-state index is 11.5.